The second-order valence-corrected chi connectivity index (χ2v) is 5.65. The second kappa shape index (κ2) is 6.74. The number of para-hydroxylation sites is 1. The molecule has 2 nitrogen and oxygen atoms in total. The van der Waals surface area contributed by atoms with Crippen molar-refractivity contribution in [3.63, 3.8) is 0 Å². The van der Waals surface area contributed by atoms with E-state index in [9.17, 15) is 4.79 Å². The zero-order valence-electron chi connectivity index (χ0n) is 12.1. The van der Waals surface area contributed by atoms with Gasteiger partial charge in [0.15, 0.2) is 5.78 Å². The van der Waals surface area contributed by atoms with E-state index in [-0.39, 0.29) is 6.04 Å². The summed E-state index contributed by atoms with van der Waals surface area (Å²) in [6.45, 7) is 4.41. The summed E-state index contributed by atoms with van der Waals surface area (Å²) in [5.41, 5.74) is 2.42. The predicted molar refractivity (Wildman–Crippen MR) is 80.5 cm³/mol. The average Bonchev–Trinajstić information content (AvgIpc) is 2.87. The molecule has 1 aromatic rings. The fourth-order valence-corrected chi connectivity index (χ4v) is 2.86. The van der Waals surface area contributed by atoms with Crippen LogP contribution in [0, 0.1) is 5.92 Å². The minimum Gasteiger partial charge on any atom is -0.375 e. The van der Waals surface area contributed by atoms with Crippen LogP contribution in [-0.2, 0) is 11.2 Å². The summed E-state index contributed by atoms with van der Waals surface area (Å²) in [7, 11) is 0. The summed E-state index contributed by atoms with van der Waals surface area (Å²) in [5.74, 6) is 0.956. The van der Waals surface area contributed by atoms with Gasteiger partial charge in [-0.15, -0.1) is 0 Å². The molecule has 1 heterocycles. The minimum atomic E-state index is 0.00748. The van der Waals surface area contributed by atoms with Crippen LogP contribution in [0.4, 0.5) is 5.69 Å². The van der Waals surface area contributed by atoms with Crippen molar-refractivity contribution in [2.75, 3.05) is 5.32 Å². The van der Waals surface area contributed by atoms with Crippen LogP contribution in [0.5, 0.6) is 0 Å². The molecular weight excluding hydrogens is 234 g/mol. The summed E-state index contributed by atoms with van der Waals surface area (Å²) in [5, 5.41) is 3.37. The lowest BCUT2D eigenvalue weighted by atomic mass is 9.91. The molecule has 2 heteroatoms. The molecule has 0 bridgehead atoms. The first-order valence-electron chi connectivity index (χ1n) is 7.61. The maximum atomic E-state index is 12.4. The normalized spacial score (nSPS) is 18.7. The van der Waals surface area contributed by atoms with E-state index in [1.54, 1.807) is 0 Å². The summed E-state index contributed by atoms with van der Waals surface area (Å²) in [6.07, 6.45) is 6.37. The standard InChI is InChI=1S/C17H25NO/c1-3-5-8-13(4-2)11-17(19)16-12-14-9-6-7-10-15(14)18-16/h6-7,9-10,13,16,18H,3-5,8,11-12H2,1-2H3. The van der Waals surface area contributed by atoms with Gasteiger partial charge in [0, 0.05) is 18.5 Å². The molecule has 1 aliphatic rings. The van der Waals surface area contributed by atoms with Crippen molar-refractivity contribution in [2.45, 2.75) is 58.4 Å². The summed E-state index contributed by atoms with van der Waals surface area (Å²) < 4.78 is 0. The van der Waals surface area contributed by atoms with Crippen molar-refractivity contribution in [1.29, 1.82) is 0 Å². The zero-order chi connectivity index (χ0) is 13.7. The largest absolute Gasteiger partial charge is 0.375 e. The number of nitrogens with one attached hydrogen (secondary N) is 1. The molecule has 1 aromatic carbocycles. The molecule has 2 rings (SSSR count). The van der Waals surface area contributed by atoms with Gasteiger partial charge in [-0.25, -0.2) is 0 Å². The number of Topliss-reactive ketones (excluding diaryl/α,β-unsaturated/α-hetero) is 1. The Morgan fingerprint density at radius 1 is 1.37 bits per heavy atom. The van der Waals surface area contributed by atoms with E-state index in [4.69, 9.17) is 0 Å². The van der Waals surface area contributed by atoms with Crippen LogP contribution in [0.25, 0.3) is 0 Å². The van der Waals surface area contributed by atoms with Gasteiger partial charge in [-0.05, 0) is 17.5 Å². The molecule has 0 fully saturated rings. The monoisotopic (exact) mass is 259 g/mol. The van der Waals surface area contributed by atoms with E-state index in [0.717, 1.165) is 24.9 Å². The molecule has 0 saturated heterocycles. The van der Waals surface area contributed by atoms with Crippen molar-refractivity contribution in [1.82, 2.24) is 0 Å². The van der Waals surface area contributed by atoms with Crippen LogP contribution in [0.15, 0.2) is 24.3 Å². The van der Waals surface area contributed by atoms with Crippen molar-refractivity contribution >= 4 is 11.5 Å². The van der Waals surface area contributed by atoms with Crippen LogP contribution in [0.1, 0.15) is 51.5 Å². The Morgan fingerprint density at radius 2 is 2.16 bits per heavy atom. The van der Waals surface area contributed by atoms with Crippen LogP contribution < -0.4 is 5.32 Å². The number of anilines is 1. The highest BCUT2D eigenvalue weighted by molar-refractivity contribution is 5.89. The highest BCUT2D eigenvalue weighted by atomic mass is 16.1. The third-order valence-corrected chi connectivity index (χ3v) is 4.19. The lowest BCUT2D eigenvalue weighted by molar-refractivity contribution is -0.120. The number of unbranched alkanes of at least 4 members (excludes halogenated alkanes) is 1. The Labute approximate surface area is 116 Å². The number of carbonyl (C=O) groups is 1. The molecule has 1 aliphatic heterocycles. The fraction of sp³-hybridized carbons (Fsp3) is 0.588. The van der Waals surface area contributed by atoms with E-state index in [1.165, 1.54) is 24.8 Å². The molecular formula is C17H25NO. The fourth-order valence-electron chi connectivity index (χ4n) is 2.86. The molecule has 104 valence electrons. The van der Waals surface area contributed by atoms with Gasteiger partial charge in [-0.3, -0.25) is 4.79 Å². The van der Waals surface area contributed by atoms with Crippen LogP contribution >= 0.6 is 0 Å². The Balaban J connectivity index is 1.88. The van der Waals surface area contributed by atoms with Gasteiger partial charge in [0.25, 0.3) is 0 Å². The Kier molecular flexibility index (Phi) is 5.00. The molecule has 0 aromatic heterocycles. The van der Waals surface area contributed by atoms with Crippen LogP contribution in [0.3, 0.4) is 0 Å². The molecule has 19 heavy (non-hydrogen) atoms. The van der Waals surface area contributed by atoms with Gasteiger partial charge in [0.1, 0.15) is 0 Å². The van der Waals surface area contributed by atoms with Crippen molar-refractivity contribution in [3.8, 4) is 0 Å². The summed E-state index contributed by atoms with van der Waals surface area (Å²) >= 11 is 0. The second-order valence-electron chi connectivity index (χ2n) is 5.65. The van der Waals surface area contributed by atoms with E-state index >= 15 is 0 Å². The first-order chi connectivity index (χ1) is 9.24. The Hall–Kier alpha value is -1.31. The number of fused-ring (bicyclic) bond motifs is 1. The molecule has 0 radical (unpaired) electrons. The maximum absolute atomic E-state index is 12.4. The summed E-state index contributed by atoms with van der Waals surface area (Å²) in [4.78, 5) is 12.4. The Morgan fingerprint density at radius 3 is 2.84 bits per heavy atom. The van der Waals surface area contributed by atoms with E-state index in [1.807, 2.05) is 12.1 Å². The third kappa shape index (κ3) is 3.59. The molecule has 2 unspecified atom stereocenters. The highest BCUT2D eigenvalue weighted by Crippen LogP contribution is 2.27. The van der Waals surface area contributed by atoms with Gasteiger partial charge in [-0.2, -0.15) is 0 Å². The molecule has 2 atom stereocenters. The number of carbonyl (C=O) groups excluding carboxylic acids is 1. The maximum Gasteiger partial charge on any atom is 0.155 e. The number of benzene rings is 1. The summed E-state index contributed by atoms with van der Waals surface area (Å²) in [6, 6.07) is 8.26. The van der Waals surface area contributed by atoms with E-state index in [2.05, 4.69) is 31.3 Å². The van der Waals surface area contributed by atoms with Crippen LogP contribution in [-0.4, -0.2) is 11.8 Å². The SMILES string of the molecule is CCCCC(CC)CC(=O)C1Cc2ccccc2N1. The quantitative estimate of drug-likeness (QED) is 0.795. The first-order valence-corrected chi connectivity index (χ1v) is 7.61. The lowest BCUT2D eigenvalue weighted by Gasteiger charge is -2.16. The molecule has 0 spiro atoms. The number of rotatable bonds is 7. The van der Waals surface area contributed by atoms with Gasteiger partial charge >= 0.3 is 0 Å². The van der Waals surface area contributed by atoms with Gasteiger partial charge in [-0.1, -0.05) is 57.7 Å². The van der Waals surface area contributed by atoms with Gasteiger partial charge in [0.05, 0.1) is 6.04 Å². The lowest BCUT2D eigenvalue weighted by Crippen LogP contribution is -2.28. The van der Waals surface area contributed by atoms with Crippen molar-refractivity contribution in [3.05, 3.63) is 29.8 Å². The zero-order valence-corrected chi connectivity index (χ0v) is 12.1. The van der Waals surface area contributed by atoms with Crippen molar-refractivity contribution in [2.24, 2.45) is 5.92 Å². The molecule has 0 aliphatic carbocycles. The smallest absolute Gasteiger partial charge is 0.155 e. The van der Waals surface area contributed by atoms with Gasteiger partial charge in [0.2, 0.25) is 0 Å². The van der Waals surface area contributed by atoms with Gasteiger partial charge < -0.3 is 5.32 Å². The molecule has 0 saturated carbocycles. The number of ketones is 1. The first kappa shape index (κ1) is 14.1. The topological polar surface area (TPSA) is 29.1 Å². The van der Waals surface area contributed by atoms with E-state index in [0.29, 0.717) is 11.7 Å². The van der Waals surface area contributed by atoms with E-state index < -0.39 is 0 Å². The predicted octanol–water partition coefficient (Wildman–Crippen LogP) is 4.20. The number of hydrogen-bond donors (Lipinski definition) is 1. The Bertz CT molecular complexity index is 402. The third-order valence-electron chi connectivity index (χ3n) is 4.19. The molecule has 0 amide bonds. The highest BCUT2D eigenvalue weighted by Gasteiger charge is 2.27. The minimum absolute atomic E-state index is 0.00748. The number of hydrogen-bond acceptors (Lipinski definition) is 2. The van der Waals surface area contributed by atoms with Crippen LogP contribution in [0.2, 0.25) is 0 Å². The molecule has 1 N–H and O–H groups in total. The van der Waals surface area contributed by atoms with Crippen molar-refractivity contribution < 1.29 is 4.79 Å². The average molecular weight is 259 g/mol.